The minimum absolute atomic E-state index is 0. The molecular formula is C14H21ClN2O. The van der Waals surface area contributed by atoms with Crippen molar-refractivity contribution in [3.8, 4) is 0 Å². The predicted octanol–water partition coefficient (Wildman–Crippen LogP) is 2.75. The highest BCUT2D eigenvalue weighted by molar-refractivity contribution is 5.90. The maximum atomic E-state index is 11.7. The van der Waals surface area contributed by atoms with Crippen LogP contribution in [0.15, 0.2) is 24.3 Å². The molecule has 1 atom stereocenters. The number of anilines is 1. The van der Waals surface area contributed by atoms with Crippen LogP contribution in [0.1, 0.15) is 24.8 Å². The lowest BCUT2D eigenvalue weighted by Crippen LogP contribution is -2.14. The lowest BCUT2D eigenvalue weighted by Gasteiger charge is -2.08. The van der Waals surface area contributed by atoms with Gasteiger partial charge in [-0.3, -0.25) is 4.79 Å². The number of amides is 1. The molecule has 2 N–H and O–H groups in total. The molecule has 1 aliphatic rings. The summed E-state index contributed by atoms with van der Waals surface area (Å²) in [5.41, 5.74) is 2.10. The highest BCUT2D eigenvalue weighted by Crippen LogP contribution is 2.15. The third-order valence-electron chi connectivity index (χ3n) is 3.28. The van der Waals surface area contributed by atoms with Gasteiger partial charge in [0.25, 0.3) is 0 Å². The van der Waals surface area contributed by atoms with Crippen molar-refractivity contribution in [3.05, 3.63) is 29.8 Å². The maximum Gasteiger partial charge on any atom is 0.224 e. The molecule has 1 aromatic carbocycles. The van der Waals surface area contributed by atoms with Crippen LogP contribution >= 0.6 is 12.4 Å². The summed E-state index contributed by atoms with van der Waals surface area (Å²) in [7, 11) is 0. The Balaban J connectivity index is 0.00000162. The Kier molecular flexibility index (Phi) is 6.16. The van der Waals surface area contributed by atoms with Crippen LogP contribution in [-0.2, 0) is 4.79 Å². The number of benzene rings is 1. The molecule has 0 spiro atoms. The summed E-state index contributed by atoms with van der Waals surface area (Å²) in [6, 6.07) is 7.92. The Morgan fingerprint density at radius 3 is 2.72 bits per heavy atom. The highest BCUT2D eigenvalue weighted by Gasteiger charge is 2.15. The zero-order chi connectivity index (χ0) is 12.1. The average Bonchev–Trinajstić information content (AvgIpc) is 2.83. The quantitative estimate of drug-likeness (QED) is 0.882. The number of rotatable bonds is 4. The van der Waals surface area contributed by atoms with E-state index < -0.39 is 0 Å². The van der Waals surface area contributed by atoms with Gasteiger partial charge in [-0.15, -0.1) is 12.4 Å². The van der Waals surface area contributed by atoms with Crippen molar-refractivity contribution in [2.45, 2.75) is 26.2 Å². The van der Waals surface area contributed by atoms with Crippen LogP contribution in [0.3, 0.4) is 0 Å². The fourth-order valence-corrected chi connectivity index (χ4v) is 2.16. The Labute approximate surface area is 115 Å². The first-order valence-electron chi connectivity index (χ1n) is 6.31. The van der Waals surface area contributed by atoms with E-state index in [0.717, 1.165) is 25.2 Å². The summed E-state index contributed by atoms with van der Waals surface area (Å²) in [4.78, 5) is 11.7. The minimum atomic E-state index is 0. The summed E-state index contributed by atoms with van der Waals surface area (Å²) < 4.78 is 0. The van der Waals surface area contributed by atoms with Crippen LogP contribution in [0.5, 0.6) is 0 Å². The van der Waals surface area contributed by atoms with Crippen LogP contribution in [0.2, 0.25) is 0 Å². The van der Waals surface area contributed by atoms with Crippen molar-refractivity contribution >= 4 is 24.0 Å². The van der Waals surface area contributed by atoms with Crippen LogP contribution in [-0.4, -0.2) is 19.0 Å². The molecule has 100 valence electrons. The SMILES string of the molecule is Cc1ccc(NC(=O)CCC2CCNC2)cc1.Cl. The van der Waals surface area contributed by atoms with Gasteiger partial charge in [-0.1, -0.05) is 17.7 Å². The van der Waals surface area contributed by atoms with Crippen LogP contribution in [0.4, 0.5) is 5.69 Å². The van der Waals surface area contributed by atoms with E-state index in [1.54, 1.807) is 0 Å². The van der Waals surface area contributed by atoms with E-state index in [9.17, 15) is 4.79 Å². The van der Waals surface area contributed by atoms with E-state index in [1.165, 1.54) is 12.0 Å². The Hall–Kier alpha value is -1.06. The first-order valence-corrected chi connectivity index (χ1v) is 6.31. The average molecular weight is 269 g/mol. The third kappa shape index (κ3) is 4.67. The van der Waals surface area contributed by atoms with Crippen molar-refractivity contribution in [2.75, 3.05) is 18.4 Å². The Morgan fingerprint density at radius 2 is 2.11 bits per heavy atom. The smallest absolute Gasteiger partial charge is 0.224 e. The van der Waals surface area contributed by atoms with Crippen LogP contribution in [0, 0.1) is 12.8 Å². The van der Waals surface area contributed by atoms with Gasteiger partial charge in [0.15, 0.2) is 0 Å². The standard InChI is InChI=1S/C14H20N2O.ClH/c1-11-2-5-13(6-3-11)16-14(17)7-4-12-8-9-15-10-12;/h2-3,5-6,12,15H,4,7-10H2,1H3,(H,16,17);1H. The predicted molar refractivity (Wildman–Crippen MR) is 77.3 cm³/mol. The summed E-state index contributed by atoms with van der Waals surface area (Å²) >= 11 is 0. The molecule has 1 amide bonds. The van der Waals surface area contributed by atoms with Gasteiger partial charge in [0, 0.05) is 12.1 Å². The molecule has 0 radical (unpaired) electrons. The van der Waals surface area contributed by atoms with E-state index >= 15 is 0 Å². The third-order valence-corrected chi connectivity index (χ3v) is 3.28. The van der Waals surface area contributed by atoms with Gasteiger partial charge in [-0.25, -0.2) is 0 Å². The molecule has 1 saturated heterocycles. The molecule has 1 aromatic rings. The lowest BCUT2D eigenvalue weighted by molar-refractivity contribution is -0.116. The first kappa shape index (κ1) is 15.0. The van der Waals surface area contributed by atoms with Crippen molar-refractivity contribution in [1.29, 1.82) is 0 Å². The molecule has 0 aromatic heterocycles. The molecule has 18 heavy (non-hydrogen) atoms. The summed E-state index contributed by atoms with van der Waals surface area (Å²) in [5.74, 6) is 0.805. The molecule has 1 unspecified atom stereocenters. The number of nitrogens with one attached hydrogen (secondary N) is 2. The maximum absolute atomic E-state index is 11.7. The number of hydrogen-bond acceptors (Lipinski definition) is 2. The summed E-state index contributed by atoms with van der Waals surface area (Å²) in [6.07, 6.45) is 2.82. The van der Waals surface area contributed by atoms with Crippen LogP contribution < -0.4 is 10.6 Å². The van der Waals surface area contributed by atoms with Crippen molar-refractivity contribution < 1.29 is 4.79 Å². The zero-order valence-corrected chi connectivity index (χ0v) is 11.6. The van der Waals surface area contributed by atoms with Gasteiger partial charge < -0.3 is 10.6 Å². The number of carbonyl (C=O) groups excluding carboxylic acids is 1. The number of halogens is 1. The second kappa shape index (κ2) is 7.39. The molecule has 2 rings (SSSR count). The largest absolute Gasteiger partial charge is 0.326 e. The molecule has 0 saturated carbocycles. The van der Waals surface area contributed by atoms with E-state index in [0.29, 0.717) is 12.3 Å². The highest BCUT2D eigenvalue weighted by atomic mass is 35.5. The Bertz CT molecular complexity index is 372. The molecule has 1 aliphatic heterocycles. The molecular weight excluding hydrogens is 248 g/mol. The van der Waals surface area contributed by atoms with Gasteiger partial charge in [-0.05, 0) is 50.9 Å². The normalized spacial score (nSPS) is 18.2. The van der Waals surface area contributed by atoms with E-state index in [-0.39, 0.29) is 18.3 Å². The molecule has 1 heterocycles. The molecule has 0 bridgehead atoms. The first-order chi connectivity index (χ1) is 8.24. The second-order valence-electron chi connectivity index (χ2n) is 4.81. The molecule has 0 aliphatic carbocycles. The van der Waals surface area contributed by atoms with Crippen molar-refractivity contribution in [2.24, 2.45) is 5.92 Å². The van der Waals surface area contributed by atoms with Crippen molar-refractivity contribution in [1.82, 2.24) is 5.32 Å². The fraction of sp³-hybridized carbons (Fsp3) is 0.500. The molecule has 3 nitrogen and oxygen atoms in total. The second-order valence-corrected chi connectivity index (χ2v) is 4.81. The molecule has 4 heteroatoms. The van der Waals surface area contributed by atoms with E-state index in [4.69, 9.17) is 0 Å². The van der Waals surface area contributed by atoms with Gasteiger partial charge >= 0.3 is 0 Å². The summed E-state index contributed by atoms with van der Waals surface area (Å²) in [6.45, 7) is 4.21. The van der Waals surface area contributed by atoms with Gasteiger partial charge in [0.2, 0.25) is 5.91 Å². The van der Waals surface area contributed by atoms with Gasteiger partial charge in [0.1, 0.15) is 0 Å². The van der Waals surface area contributed by atoms with E-state index in [2.05, 4.69) is 10.6 Å². The number of aryl methyl sites for hydroxylation is 1. The number of carbonyl (C=O) groups is 1. The summed E-state index contributed by atoms with van der Waals surface area (Å²) in [5, 5.41) is 6.25. The lowest BCUT2D eigenvalue weighted by atomic mass is 10.0. The molecule has 1 fully saturated rings. The van der Waals surface area contributed by atoms with Crippen molar-refractivity contribution in [3.63, 3.8) is 0 Å². The van der Waals surface area contributed by atoms with Gasteiger partial charge in [0.05, 0.1) is 0 Å². The van der Waals surface area contributed by atoms with E-state index in [1.807, 2.05) is 31.2 Å². The number of hydrogen-bond donors (Lipinski definition) is 2. The van der Waals surface area contributed by atoms with Gasteiger partial charge in [-0.2, -0.15) is 0 Å². The fourth-order valence-electron chi connectivity index (χ4n) is 2.16. The topological polar surface area (TPSA) is 41.1 Å². The monoisotopic (exact) mass is 268 g/mol. The minimum Gasteiger partial charge on any atom is -0.326 e. The van der Waals surface area contributed by atoms with Crippen LogP contribution in [0.25, 0.3) is 0 Å². The zero-order valence-electron chi connectivity index (χ0n) is 10.7. The Morgan fingerprint density at radius 1 is 1.39 bits per heavy atom.